The number of hydrogen-bond donors (Lipinski definition) is 2. The van der Waals surface area contributed by atoms with Gasteiger partial charge >= 0.3 is 0 Å². The number of aliphatic imine (C=N–C) groups is 1. The Morgan fingerprint density at radius 3 is 2.61 bits per heavy atom. The fourth-order valence-corrected chi connectivity index (χ4v) is 2.75. The number of aromatic nitrogens is 1. The number of aryl methyl sites for hydroxylation is 2. The van der Waals surface area contributed by atoms with Gasteiger partial charge in [-0.05, 0) is 26.7 Å². The van der Waals surface area contributed by atoms with Crippen LogP contribution in [0.5, 0.6) is 0 Å². The van der Waals surface area contributed by atoms with Crippen molar-refractivity contribution in [2.24, 2.45) is 10.9 Å². The predicted octanol–water partition coefficient (Wildman–Crippen LogP) is 3.15. The summed E-state index contributed by atoms with van der Waals surface area (Å²) in [6.07, 6.45) is 0.924. The summed E-state index contributed by atoms with van der Waals surface area (Å²) in [5, 5.41) is 7.78. The van der Waals surface area contributed by atoms with E-state index in [0.717, 1.165) is 37.8 Å². The van der Waals surface area contributed by atoms with E-state index in [1.54, 1.807) is 11.3 Å². The van der Waals surface area contributed by atoms with Gasteiger partial charge < -0.3 is 15.4 Å². The molecule has 0 amide bonds. The molecular formula is C16H31IN4OS. The second kappa shape index (κ2) is 12.9. The highest BCUT2D eigenvalue weighted by Gasteiger charge is 2.04. The fraction of sp³-hybridized carbons (Fsp3) is 0.750. The average molecular weight is 454 g/mol. The first-order valence-electron chi connectivity index (χ1n) is 8.05. The van der Waals surface area contributed by atoms with Crippen LogP contribution in [0.1, 0.15) is 36.3 Å². The third-order valence-corrected chi connectivity index (χ3v) is 4.14. The quantitative estimate of drug-likeness (QED) is 0.261. The lowest BCUT2D eigenvalue weighted by Crippen LogP contribution is -2.38. The summed E-state index contributed by atoms with van der Waals surface area (Å²) in [5.41, 5.74) is 1.14. The minimum Gasteiger partial charge on any atom is -0.379 e. The zero-order chi connectivity index (χ0) is 16.4. The third-order valence-electron chi connectivity index (χ3n) is 3.01. The van der Waals surface area contributed by atoms with Crippen LogP contribution in [0.15, 0.2) is 4.99 Å². The van der Waals surface area contributed by atoms with Crippen LogP contribution in [0, 0.1) is 19.8 Å². The SMILES string of the molecule is CCNC(=NCCOCC(C)C)NCCc1nc(C)c(C)s1.I. The lowest BCUT2D eigenvalue weighted by atomic mass is 10.2. The summed E-state index contributed by atoms with van der Waals surface area (Å²) >= 11 is 1.78. The molecule has 1 heterocycles. The molecule has 5 nitrogen and oxygen atoms in total. The van der Waals surface area contributed by atoms with Gasteiger partial charge in [0.25, 0.3) is 0 Å². The predicted molar refractivity (Wildman–Crippen MR) is 110 cm³/mol. The molecule has 0 aliphatic carbocycles. The Bertz CT molecular complexity index is 443. The highest BCUT2D eigenvalue weighted by Crippen LogP contribution is 2.16. The molecule has 1 aromatic heterocycles. The molecule has 0 fully saturated rings. The van der Waals surface area contributed by atoms with E-state index in [1.165, 1.54) is 9.88 Å². The first-order chi connectivity index (χ1) is 10.5. The maximum Gasteiger partial charge on any atom is 0.191 e. The summed E-state index contributed by atoms with van der Waals surface area (Å²) < 4.78 is 5.54. The van der Waals surface area contributed by atoms with Crippen molar-refractivity contribution in [1.82, 2.24) is 15.6 Å². The van der Waals surface area contributed by atoms with Gasteiger partial charge in [-0.1, -0.05) is 13.8 Å². The van der Waals surface area contributed by atoms with Crippen molar-refractivity contribution >= 4 is 41.3 Å². The number of nitrogens with zero attached hydrogens (tertiary/aromatic N) is 2. The Kier molecular flexibility index (Phi) is 12.7. The molecule has 0 saturated carbocycles. The Balaban J connectivity index is 0.00000484. The second-order valence-corrected chi connectivity index (χ2v) is 6.94. The van der Waals surface area contributed by atoms with Gasteiger partial charge in [-0.2, -0.15) is 0 Å². The second-order valence-electron chi connectivity index (χ2n) is 5.66. The molecule has 0 aliphatic rings. The van der Waals surface area contributed by atoms with E-state index in [-0.39, 0.29) is 24.0 Å². The average Bonchev–Trinajstić information content (AvgIpc) is 2.77. The van der Waals surface area contributed by atoms with E-state index in [4.69, 9.17) is 4.74 Å². The molecule has 0 aliphatic heterocycles. The van der Waals surface area contributed by atoms with E-state index in [9.17, 15) is 0 Å². The van der Waals surface area contributed by atoms with E-state index < -0.39 is 0 Å². The Hall–Kier alpha value is -0.410. The third kappa shape index (κ3) is 10.1. The summed E-state index contributed by atoms with van der Waals surface area (Å²) in [6.45, 7) is 14.4. The number of hydrogen-bond acceptors (Lipinski definition) is 4. The number of halogens is 1. The molecule has 134 valence electrons. The Morgan fingerprint density at radius 2 is 2.04 bits per heavy atom. The lowest BCUT2D eigenvalue weighted by molar-refractivity contribution is 0.117. The first-order valence-corrected chi connectivity index (χ1v) is 8.87. The molecule has 7 heteroatoms. The van der Waals surface area contributed by atoms with Crippen molar-refractivity contribution in [2.45, 2.75) is 41.0 Å². The summed E-state index contributed by atoms with van der Waals surface area (Å²) in [4.78, 5) is 10.4. The van der Waals surface area contributed by atoms with Crippen LogP contribution >= 0.6 is 35.3 Å². The van der Waals surface area contributed by atoms with Gasteiger partial charge in [-0.15, -0.1) is 35.3 Å². The zero-order valence-corrected chi connectivity index (χ0v) is 18.1. The number of nitrogens with one attached hydrogen (secondary N) is 2. The van der Waals surface area contributed by atoms with Gasteiger partial charge in [0.1, 0.15) is 0 Å². The van der Waals surface area contributed by atoms with Crippen molar-refractivity contribution in [3.8, 4) is 0 Å². The highest BCUT2D eigenvalue weighted by atomic mass is 127. The highest BCUT2D eigenvalue weighted by molar-refractivity contribution is 14.0. The molecule has 2 N–H and O–H groups in total. The number of rotatable bonds is 9. The summed E-state index contributed by atoms with van der Waals surface area (Å²) in [6, 6.07) is 0. The summed E-state index contributed by atoms with van der Waals surface area (Å²) in [7, 11) is 0. The first kappa shape index (κ1) is 22.6. The largest absolute Gasteiger partial charge is 0.379 e. The van der Waals surface area contributed by atoms with Crippen molar-refractivity contribution in [2.75, 3.05) is 32.8 Å². The molecule has 1 aromatic rings. The van der Waals surface area contributed by atoms with Crippen LogP contribution in [-0.4, -0.2) is 43.8 Å². The molecule has 0 saturated heterocycles. The maximum absolute atomic E-state index is 5.54. The van der Waals surface area contributed by atoms with Crippen LogP contribution in [-0.2, 0) is 11.2 Å². The van der Waals surface area contributed by atoms with Crippen LogP contribution in [0.3, 0.4) is 0 Å². The minimum absolute atomic E-state index is 0. The Morgan fingerprint density at radius 1 is 1.30 bits per heavy atom. The smallest absolute Gasteiger partial charge is 0.191 e. The van der Waals surface area contributed by atoms with E-state index >= 15 is 0 Å². The molecule has 0 radical (unpaired) electrons. The van der Waals surface area contributed by atoms with Crippen molar-refractivity contribution in [1.29, 1.82) is 0 Å². The molecule has 0 aromatic carbocycles. The minimum atomic E-state index is 0. The van der Waals surface area contributed by atoms with Crippen molar-refractivity contribution < 1.29 is 4.74 Å². The van der Waals surface area contributed by atoms with Crippen LogP contribution < -0.4 is 10.6 Å². The fourth-order valence-electron chi connectivity index (χ4n) is 1.82. The van der Waals surface area contributed by atoms with Gasteiger partial charge in [0.2, 0.25) is 0 Å². The van der Waals surface area contributed by atoms with E-state index in [2.05, 4.69) is 55.2 Å². The Labute approximate surface area is 161 Å². The number of thiazole rings is 1. The molecule has 0 bridgehead atoms. The molecular weight excluding hydrogens is 423 g/mol. The van der Waals surface area contributed by atoms with Gasteiger partial charge in [0.05, 0.1) is 23.9 Å². The number of ether oxygens (including phenoxy) is 1. The van der Waals surface area contributed by atoms with Crippen molar-refractivity contribution in [3.63, 3.8) is 0 Å². The molecule has 23 heavy (non-hydrogen) atoms. The lowest BCUT2D eigenvalue weighted by Gasteiger charge is -2.11. The van der Waals surface area contributed by atoms with Gasteiger partial charge in [0.15, 0.2) is 5.96 Å². The van der Waals surface area contributed by atoms with Gasteiger partial charge in [-0.3, -0.25) is 4.99 Å². The topological polar surface area (TPSA) is 58.5 Å². The van der Waals surface area contributed by atoms with E-state index in [1.807, 2.05) is 0 Å². The summed E-state index contributed by atoms with van der Waals surface area (Å²) in [5.74, 6) is 1.42. The molecule has 0 spiro atoms. The monoisotopic (exact) mass is 454 g/mol. The normalized spacial score (nSPS) is 11.5. The number of guanidine groups is 1. The standard InChI is InChI=1S/C16H30N4OS.HI/c1-6-17-16(19-9-10-21-11-12(2)3)18-8-7-15-20-13(4)14(5)22-15;/h12H,6-11H2,1-5H3,(H2,17,18,19);1H. The molecule has 0 atom stereocenters. The molecule has 1 rings (SSSR count). The molecule has 0 unspecified atom stereocenters. The van der Waals surface area contributed by atoms with Crippen LogP contribution in [0.2, 0.25) is 0 Å². The van der Waals surface area contributed by atoms with Gasteiger partial charge in [0, 0.05) is 31.0 Å². The van der Waals surface area contributed by atoms with Crippen molar-refractivity contribution in [3.05, 3.63) is 15.6 Å². The van der Waals surface area contributed by atoms with Crippen LogP contribution in [0.25, 0.3) is 0 Å². The van der Waals surface area contributed by atoms with Crippen LogP contribution in [0.4, 0.5) is 0 Å². The zero-order valence-electron chi connectivity index (χ0n) is 14.9. The van der Waals surface area contributed by atoms with Gasteiger partial charge in [-0.25, -0.2) is 4.98 Å². The van der Waals surface area contributed by atoms with E-state index in [0.29, 0.717) is 19.1 Å². The maximum atomic E-state index is 5.54.